The highest BCUT2D eigenvalue weighted by Gasteiger charge is 2.28. The van der Waals surface area contributed by atoms with Gasteiger partial charge in [0, 0.05) is 43.4 Å². The van der Waals surface area contributed by atoms with Gasteiger partial charge >= 0.3 is 0 Å². The smallest absolute Gasteiger partial charge is 0.193 e. The van der Waals surface area contributed by atoms with E-state index in [1.54, 1.807) is 0 Å². The lowest BCUT2D eigenvalue weighted by molar-refractivity contribution is 0.375. The Morgan fingerprint density at radius 3 is 2.71 bits per heavy atom. The second-order valence-electron chi connectivity index (χ2n) is 7.63. The zero-order valence-corrected chi connectivity index (χ0v) is 20.5. The van der Waals surface area contributed by atoms with E-state index >= 15 is 0 Å². The van der Waals surface area contributed by atoms with Crippen LogP contribution < -0.4 is 5.32 Å². The number of thioether (sulfide) groups is 1. The fraction of sp³-hybridized carbons (Fsp3) is 0.524. The molecule has 0 bridgehead atoms. The van der Waals surface area contributed by atoms with Crippen molar-refractivity contribution in [3.8, 4) is 5.69 Å². The molecule has 1 aromatic carbocycles. The number of aromatic nitrogens is 2. The van der Waals surface area contributed by atoms with Crippen LogP contribution in [0, 0.1) is 6.92 Å². The Labute approximate surface area is 190 Å². The van der Waals surface area contributed by atoms with Gasteiger partial charge in [-0.1, -0.05) is 18.2 Å². The van der Waals surface area contributed by atoms with Gasteiger partial charge in [0.2, 0.25) is 0 Å². The van der Waals surface area contributed by atoms with Crippen molar-refractivity contribution < 1.29 is 0 Å². The third-order valence-corrected chi connectivity index (χ3v) is 6.16. The van der Waals surface area contributed by atoms with E-state index in [2.05, 4.69) is 59.4 Å². The van der Waals surface area contributed by atoms with Crippen molar-refractivity contribution in [1.82, 2.24) is 20.0 Å². The molecule has 1 fully saturated rings. The number of benzene rings is 1. The highest BCUT2D eigenvalue weighted by molar-refractivity contribution is 14.0. The molecule has 1 N–H and O–H groups in total. The number of nitrogens with zero attached hydrogens (tertiary/aromatic N) is 4. The van der Waals surface area contributed by atoms with Gasteiger partial charge in [0.15, 0.2) is 5.96 Å². The number of aryl methyl sites for hydroxylation is 2. The standard InChI is InChI=1S/C21H31N5S.HI/c1-17-18(15-26(24-17)19-10-6-5-7-11-19)9-8-12-23-20(22-4)25-13-14-27-21(2,3)16-25;/h5-7,10-11,15H,8-9,12-14,16H2,1-4H3,(H,22,23);1H. The van der Waals surface area contributed by atoms with Crippen LogP contribution >= 0.6 is 35.7 Å². The zero-order valence-electron chi connectivity index (χ0n) is 17.3. The van der Waals surface area contributed by atoms with Crippen molar-refractivity contribution in [3.05, 3.63) is 47.8 Å². The maximum Gasteiger partial charge on any atom is 0.193 e. The van der Waals surface area contributed by atoms with Crippen LogP contribution in [0.15, 0.2) is 41.5 Å². The van der Waals surface area contributed by atoms with Crippen LogP contribution in [0.4, 0.5) is 0 Å². The lowest BCUT2D eigenvalue weighted by atomic mass is 10.1. The molecule has 0 saturated carbocycles. The average Bonchev–Trinajstić information content (AvgIpc) is 3.02. The highest BCUT2D eigenvalue weighted by Crippen LogP contribution is 2.29. The molecule has 0 atom stereocenters. The normalized spacial score (nSPS) is 16.6. The number of rotatable bonds is 5. The minimum absolute atomic E-state index is 0. The van der Waals surface area contributed by atoms with Crippen molar-refractivity contribution >= 4 is 41.7 Å². The highest BCUT2D eigenvalue weighted by atomic mass is 127. The first kappa shape index (κ1) is 23.1. The van der Waals surface area contributed by atoms with Crippen LogP contribution in [0.5, 0.6) is 0 Å². The molecule has 2 aromatic rings. The summed E-state index contributed by atoms with van der Waals surface area (Å²) < 4.78 is 2.27. The number of hydrogen-bond donors (Lipinski definition) is 1. The Morgan fingerprint density at radius 2 is 2.04 bits per heavy atom. The van der Waals surface area contributed by atoms with E-state index in [1.165, 1.54) is 5.56 Å². The van der Waals surface area contributed by atoms with Crippen LogP contribution in [-0.2, 0) is 6.42 Å². The average molecular weight is 513 g/mol. The van der Waals surface area contributed by atoms with Gasteiger partial charge in [-0.3, -0.25) is 4.99 Å². The molecule has 1 aliphatic rings. The number of hydrogen-bond acceptors (Lipinski definition) is 3. The summed E-state index contributed by atoms with van der Waals surface area (Å²) in [5, 5.41) is 8.21. The van der Waals surface area contributed by atoms with Gasteiger partial charge in [0.25, 0.3) is 0 Å². The Balaban J connectivity index is 0.00000280. The van der Waals surface area contributed by atoms with Gasteiger partial charge in [-0.25, -0.2) is 4.68 Å². The molecule has 1 saturated heterocycles. The van der Waals surface area contributed by atoms with Crippen molar-refractivity contribution in [2.45, 2.75) is 38.4 Å². The molecule has 2 heterocycles. The second-order valence-corrected chi connectivity index (χ2v) is 9.43. The predicted molar refractivity (Wildman–Crippen MR) is 132 cm³/mol. The van der Waals surface area contributed by atoms with Crippen LogP contribution in [0.1, 0.15) is 31.5 Å². The number of halogens is 1. The Morgan fingerprint density at radius 1 is 1.29 bits per heavy atom. The maximum atomic E-state index is 4.66. The monoisotopic (exact) mass is 513 g/mol. The van der Waals surface area contributed by atoms with Crippen molar-refractivity contribution in [3.63, 3.8) is 0 Å². The molecule has 7 heteroatoms. The SMILES string of the molecule is CN=C(NCCCc1cn(-c2ccccc2)nc1C)N1CCSC(C)(C)C1.I. The summed E-state index contributed by atoms with van der Waals surface area (Å²) in [6, 6.07) is 10.3. The number of aliphatic imine (C=N–C) groups is 1. The van der Waals surface area contributed by atoms with Crippen molar-refractivity contribution in [2.75, 3.05) is 32.4 Å². The third kappa shape index (κ3) is 6.14. The van der Waals surface area contributed by atoms with Gasteiger partial charge in [-0.05, 0) is 51.3 Å². The van der Waals surface area contributed by atoms with Crippen LogP contribution in [0.2, 0.25) is 0 Å². The van der Waals surface area contributed by atoms with Crippen LogP contribution in [0.25, 0.3) is 5.69 Å². The first-order valence-electron chi connectivity index (χ1n) is 9.69. The summed E-state index contributed by atoms with van der Waals surface area (Å²) in [4.78, 5) is 6.87. The molecule has 1 aromatic heterocycles. The van der Waals surface area contributed by atoms with E-state index in [1.807, 2.05) is 41.7 Å². The molecule has 0 amide bonds. The van der Waals surface area contributed by atoms with Gasteiger partial charge < -0.3 is 10.2 Å². The van der Waals surface area contributed by atoms with Gasteiger partial charge in [-0.2, -0.15) is 16.9 Å². The van der Waals surface area contributed by atoms with Gasteiger partial charge in [-0.15, -0.1) is 24.0 Å². The van der Waals surface area contributed by atoms with Gasteiger partial charge in [0.1, 0.15) is 0 Å². The van der Waals surface area contributed by atoms with E-state index in [0.717, 1.165) is 55.6 Å². The topological polar surface area (TPSA) is 45.5 Å². The second kappa shape index (κ2) is 10.5. The molecule has 0 radical (unpaired) electrons. The van der Waals surface area contributed by atoms with Gasteiger partial charge in [0.05, 0.1) is 11.4 Å². The molecular formula is C21H32IN5S. The molecule has 0 unspecified atom stereocenters. The van der Waals surface area contributed by atoms with E-state index in [9.17, 15) is 0 Å². The summed E-state index contributed by atoms with van der Waals surface area (Å²) in [6.07, 6.45) is 4.24. The Bertz CT molecular complexity index is 772. The molecule has 5 nitrogen and oxygen atoms in total. The summed E-state index contributed by atoms with van der Waals surface area (Å²) in [5.41, 5.74) is 3.53. The van der Waals surface area contributed by atoms with Crippen molar-refractivity contribution in [1.29, 1.82) is 0 Å². The largest absolute Gasteiger partial charge is 0.356 e. The first-order valence-corrected chi connectivity index (χ1v) is 10.7. The molecule has 154 valence electrons. The number of nitrogens with one attached hydrogen (secondary N) is 1. The van der Waals surface area contributed by atoms with E-state index < -0.39 is 0 Å². The fourth-order valence-electron chi connectivity index (χ4n) is 3.46. The first-order chi connectivity index (χ1) is 13.0. The van der Waals surface area contributed by atoms with Crippen LogP contribution in [0.3, 0.4) is 0 Å². The summed E-state index contributed by atoms with van der Waals surface area (Å²) in [6.45, 7) is 9.74. The van der Waals surface area contributed by atoms with Crippen molar-refractivity contribution in [2.24, 2.45) is 4.99 Å². The minimum Gasteiger partial charge on any atom is -0.356 e. The molecule has 3 rings (SSSR count). The van der Waals surface area contributed by atoms with E-state index in [-0.39, 0.29) is 24.0 Å². The van der Waals surface area contributed by atoms with E-state index in [0.29, 0.717) is 4.75 Å². The summed E-state index contributed by atoms with van der Waals surface area (Å²) >= 11 is 2.05. The zero-order chi connectivity index (χ0) is 19.3. The molecule has 0 spiro atoms. The molecule has 28 heavy (non-hydrogen) atoms. The fourth-order valence-corrected chi connectivity index (χ4v) is 4.57. The molecule has 1 aliphatic heterocycles. The maximum absolute atomic E-state index is 4.66. The quantitative estimate of drug-likeness (QED) is 0.283. The summed E-state index contributed by atoms with van der Waals surface area (Å²) in [5.74, 6) is 2.19. The Kier molecular flexibility index (Phi) is 8.67. The summed E-state index contributed by atoms with van der Waals surface area (Å²) in [7, 11) is 1.88. The number of guanidine groups is 1. The predicted octanol–water partition coefficient (Wildman–Crippen LogP) is 4.13. The minimum atomic E-state index is 0. The molecule has 0 aliphatic carbocycles. The lowest BCUT2D eigenvalue weighted by Gasteiger charge is -2.39. The van der Waals surface area contributed by atoms with Crippen LogP contribution in [-0.4, -0.2) is 57.8 Å². The van der Waals surface area contributed by atoms with E-state index in [4.69, 9.17) is 0 Å². The number of para-hydroxylation sites is 1. The third-order valence-electron chi connectivity index (χ3n) is 4.86. The Hall–Kier alpha value is -1.22. The lowest BCUT2D eigenvalue weighted by Crippen LogP contribution is -2.51. The molecular weight excluding hydrogens is 481 g/mol.